The quantitative estimate of drug-likeness (QED) is 0.188. The van der Waals surface area contributed by atoms with E-state index in [-0.39, 0.29) is 11.6 Å². The van der Waals surface area contributed by atoms with Gasteiger partial charge in [0, 0.05) is 6.20 Å². The number of rotatable bonds is 10. The molecule has 0 aliphatic carbocycles. The summed E-state index contributed by atoms with van der Waals surface area (Å²) in [6.07, 6.45) is 1.54. The number of carbonyl (C=O) groups excluding carboxylic acids is 1. The van der Waals surface area contributed by atoms with Crippen molar-refractivity contribution in [2.75, 3.05) is 12.3 Å². The van der Waals surface area contributed by atoms with Crippen LogP contribution in [0, 0.1) is 12.3 Å². The summed E-state index contributed by atoms with van der Waals surface area (Å²) < 4.78 is 36.4. The Hall–Kier alpha value is -3.24. The second-order valence-corrected chi connectivity index (χ2v) is 10.2. The van der Waals surface area contributed by atoms with Crippen LogP contribution in [0.1, 0.15) is 27.0 Å². The fourth-order valence-corrected chi connectivity index (χ4v) is 4.93. The molecule has 5 N–H and O–H groups in total. The zero-order valence-corrected chi connectivity index (χ0v) is 21.3. The standard InChI is InChI=1S/C23H29N4O9P/c1-5-23(31)17(35-20(19(23)28)27-12-11-18(24)25-22(27)30)13-33-37(32,36-16-9-7-6-8-10-16)26-15(4)21(29)34-14(2)3/h1,6-12,14-15,17,19-20,28,31H,13H2,2-4H3,(H,26,32)(H2,24,25,30)/t15-,17+,19-,20+,23+,37?/m0/s1. The SMILES string of the molecule is C#C[C@@]1(O)[C@@H](COP(=O)(N[C@@H](C)C(=O)OC(C)C)Oc2ccccc2)O[C@@H](n2ccc(N)nc2=O)[C@@H]1O. The largest absolute Gasteiger partial charge is 0.462 e. The van der Waals surface area contributed by atoms with Crippen LogP contribution in [0.2, 0.25) is 0 Å². The van der Waals surface area contributed by atoms with Crippen LogP contribution in [0.15, 0.2) is 47.4 Å². The highest BCUT2D eigenvalue weighted by molar-refractivity contribution is 7.52. The van der Waals surface area contributed by atoms with Crippen molar-refractivity contribution in [2.45, 2.75) is 57.0 Å². The van der Waals surface area contributed by atoms with Gasteiger partial charge in [0.15, 0.2) is 11.8 Å². The molecule has 1 aromatic carbocycles. The van der Waals surface area contributed by atoms with Crippen molar-refractivity contribution in [1.29, 1.82) is 0 Å². The van der Waals surface area contributed by atoms with Crippen LogP contribution in [0.3, 0.4) is 0 Å². The van der Waals surface area contributed by atoms with Crippen molar-refractivity contribution < 1.29 is 38.1 Å². The van der Waals surface area contributed by atoms with E-state index >= 15 is 0 Å². The third-order valence-corrected chi connectivity index (χ3v) is 6.94. The minimum atomic E-state index is -4.33. The molecule has 1 saturated heterocycles. The molecular formula is C23H29N4O9P. The number of nitrogens with two attached hydrogens (primary N) is 1. The predicted molar refractivity (Wildman–Crippen MR) is 131 cm³/mol. The maximum absolute atomic E-state index is 13.7. The number of aliphatic hydroxyl groups is 2. The number of hydrogen-bond donors (Lipinski definition) is 4. The number of carbonyl (C=O) groups is 1. The van der Waals surface area contributed by atoms with Gasteiger partial charge < -0.3 is 29.9 Å². The van der Waals surface area contributed by atoms with Gasteiger partial charge in [-0.25, -0.2) is 9.36 Å². The average Bonchev–Trinajstić information content (AvgIpc) is 3.08. The number of aromatic nitrogens is 2. The van der Waals surface area contributed by atoms with Crippen molar-refractivity contribution >= 4 is 19.5 Å². The first-order valence-electron chi connectivity index (χ1n) is 11.2. The van der Waals surface area contributed by atoms with Gasteiger partial charge in [-0.2, -0.15) is 10.1 Å². The lowest BCUT2D eigenvalue weighted by molar-refractivity contribution is -0.149. The molecule has 1 aromatic heterocycles. The third kappa shape index (κ3) is 6.56. The molecular weight excluding hydrogens is 507 g/mol. The number of nitrogen functional groups attached to an aromatic ring is 1. The van der Waals surface area contributed by atoms with Crippen LogP contribution in [0.5, 0.6) is 5.75 Å². The summed E-state index contributed by atoms with van der Waals surface area (Å²) in [6, 6.07) is 8.17. The Morgan fingerprint density at radius 3 is 2.62 bits per heavy atom. The Kier molecular flexibility index (Phi) is 8.76. The third-order valence-electron chi connectivity index (χ3n) is 5.29. The van der Waals surface area contributed by atoms with E-state index in [0.29, 0.717) is 0 Å². The highest BCUT2D eigenvalue weighted by atomic mass is 31.2. The number of aliphatic hydroxyl groups excluding tert-OH is 1. The van der Waals surface area contributed by atoms with E-state index in [1.165, 1.54) is 31.3 Å². The lowest BCUT2D eigenvalue weighted by Gasteiger charge is -2.27. The van der Waals surface area contributed by atoms with Gasteiger partial charge in [-0.3, -0.25) is 13.9 Å². The van der Waals surface area contributed by atoms with Crippen LogP contribution in [-0.2, 0) is 23.4 Å². The van der Waals surface area contributed by atoms with E-state index in [1.54, 1.807) is 32.0 Å². The molecule has 0 radical (unpaired) electrons. The summed E-state index contributed by atoms with van der Waals surface area (Å²) in [5.41, 5.74) is 2.28. The Bertz CT molecular complexity index is 1250. The molecule has 2 heterocycles. The Morgan fingerprint density at radius 1 is 1.35 bits per heavy atom. The minimum absolute atomic E-state index is 0.0592. The van der Waals surface area contributed by atoms with E-state index in [4.69, 9.17) is 30.7 Å². The minimum Gasteiger partial charge on any atom is -0.462 e. The highest BCUT2D eigenvalue weighted by Crippen LogP contribution is 2.47. The highest BCUT2D eigenvalue weighted by Gasteiger charge is 2.56. The topological polar surface area (TPSA) is 184 Å². The molecule has 0 amide bonds. The molecule has 37 heavy (non-hydrogen) atoms. The van der Waals surface area contributed by atoms with E-state index < -0.39 is 62.2 Å². The molecule has 200 valence electrons. The van der Waals surface area contributed by atoms with Crippen LogP contribution < -0.4 is 21.0 Å². The van der Waals surface area contributed by atoms with E-state index in [1.807, 2.05) is 0 Å². The summed E-state index contributed by atoms with van der Waals surface area (Å²) >= 11 is 0. The molecule has 1 aliphatic rings. The maximum Gasteiger partial charge on any atom is 0.459 e. The molecule has 1 unspecified atom stereocenters. The monoisotopic (exact) mass is 536 g/mol. The van der Waals surface area contributed by atoms with Crippen molar-refractivity contribution in [3.8, 4) is 18.1 Å². The molecule has 1 aliphatic heterocycles. The number of hydrogen-bond acceptors (Lipinski definition) is 11. The number of nitrogens with one attached hydrogen (secondary N) is 1. The first-order chi connectivity index (χ1) is 17.4. The molecule has 0 saturated carbocycles. The Balaban J connectivity index is 1.84. The zero-order chi connectivity index (χ0) is 27.4. The number of ether oxygens (including phenoxy) is 2. The van der Waals surface area contributed by atoms with Gasteiger partial charge in [0.25, 0.3) is 0 Å². The van der Waals surface area contributed by atoms with Crippen molar-refractivity contribution in [2.24, 2.45) is 0 Å². The second kappa shape index (κ2) is 11.4. The first-order valence-corrected chi connectivity index (χ1v) is 12.8. The average molecular weight is 536 g/mol. The summed E-state index contributed by atoms with van der Waals surface area (Å²) in [6.45, 7) is 4.04. The maximum atomic E-state index is 13.7. The fourth-order valence-electron chi connectivity index (χ4n) is 3.44. The first kappa shape index (κ1) is 28.3. The normalized spacial score (nSPS) is 25.7. The lowest BCUT2D eigenvalue weighted by atomic mass is 9.93. The fraction of sp³-hybridized carbons (Fsp3) is 0.435. The number of anilines is 1. The van der Waals surface area contributed by atoms with Gasteiger partial charge in [0.1, 0.15) is 29.8 Å². The van der Waals surface area contributed by atoms with Gasteiger partial charge in [0.05, 0.1) is 12.7 Å². The number of terminal acetylenes is 1. The predicted octanol–water partition coefficient (Wildman–Crippen LogP) is 0.581. The van der Waals surface area contributed by atoms with Gasteiger partial charge in [-0.05, 0) is 39.0 Å². The van der Waals surface area contributed by atoms with Gasteiger partial charge in [-0.15, -0.1) is 6.42 Å². The number of para-hydroxylation sites is 1. The smallest absolute Gasteiger partial charge is 0.459 e. The Morgan fingerprint density at radius 2 is 2.03 bits per heavy atom. The van der Waals surface area contributed by atoms with Crippen LogP contribution in [0.25, 0.3) is 0 Å². The molecule has 3 rings (SSSR count). The number of esters is 1. The Labute approximate surface area is 213 Å². The van der Waals surface area contributed by atoms with Crippen molar-refractivity contribution in [1.82, 2.24) is 14.6 Å². The molecule has 0 bridgehead atoms. The molecule has 6 atom stereocenters. The van der Waals surface area contributed by atoms with Crippen molar-refractivity contribution in [3.63, 3.8) is 0 Å². The molecule has 2 aromatic rings. The molecule has 13 nitrogen and oxygen atoms in total. The van der Waals surface area contributed by atoms with E-state index in [0.717, 1.165) is 4.57 Å². The van der Waals surface area contributed by atoms with Crippen LogP contribution in [0.4, 0.5) is 5.82 Å². The summed E-state index contributed by atoms with van der Waals surface area (Å²) in [4.78, 5) is 28.1. The van der Waals surface area contributed by atoms with E-state index in [9.17, 15) is 24.4 Å². The number of nitrogens with zero attached hydrogens (tertiary/aromatic N) is 2. The second-order valence-electron chi connectivity index (χ2n) is 8.51. The summed E-state index contributed by atoms with van der Waals surface area (Å²) in [5.74, 6) is 1.44. The van der Waals surface area contributed by atoms with E-state index in [2.05, 4.69) is 16.0 Å². The van der Waals surface area contributed by atoms with Gasteiger partial charge in [-0.1, -0.05) is 24.1 Å². The van der Waals surface area contributed by atoms with Crippen LogP contribution in [-0.4, -0.2) is 62.3 Å². The van der Waals surface area contributed by atoms with Crippen molar-refractivity contribution in [3.05, 3.63) is 53.1 Å². The van der Waals surface area contributed by atoms with Gasteiger partial charge >= 0.3 is 19.4 Å². The molecule has 14 heteroatoms. The number of benzene rings is 1. The lowest BCUT2D eigenvalue weighted by Crippen LogP contribution is -2.48. The molecule has 0 spiro atoms. The summed E-state index contributed by atoms with van der Waals surface area (Å²) in [7, 11) is -4.33. The molecule has 1 fully saturated rings. The van der Waals surface area contributed by atoms with Crippen LogP contribution >= 0.6 is 7.75 Å². The van der Waals surface area contributed by atoms with Gasteiger partial charge in [0.2, 0.25) is 0 Å². The zero-order valence-electron chi connectivity index (χ0n) is 20.4. The summed E-state index contributed by atoms with van der Waals surface area (Å²) in [5, 5.41) is 24.2.